The van der Waals surface area contributed by atoms with Gasteiger partial charge in [-0.25, -0.2) is 0 Å². The Morgan fingerprint density at radius 2 is 2.18 bits per heavy atom. The summed E-state index contributed by atoms with van der Waals surface area (Å²) >= 11 is 3.06. The highest BCUT2D eigenvalue weighted by molar-refractivity contribution is 9.10. The molecule has 1 saturated heterocycles. The Hall–Kier alpha value is -0.660. The van der Waals surface area contributed by atoms with Crippen LogP contribution in [0.1, 0.15) is 20.3 Å². The van der Waals surface area contributed by atoms with E-state index in [1.165, 1.54) is 20.5 Å². The first-order chi connectivity index (χ1) is 7.83. The van der Waals surface area contributed by atoms with Crippen molar-refractivity contribution in [2.75, 3.05) is 6.61 Å². The molecule has 0 aromatic rings. The number of rotatable bonds is 3. The van der Waals surface area contributed by atoms with Crippen molar-refractivity contribution in [1.29, 1.82) is 0 Å². The Labute approximate surface area is 107 Å². The molecule has 0 bridgehead atoms. The molecule has 7 heteroatoms. The maximum Gasteiger partial charge on any atom is 0.303 e. The van der Waals surface area contributed by atoms with Crippen LogP contribution in [0.15, 0.2) is 0 Å². The van der Waals surface area contributed by atoms with Crippen molar-refractivity contribution in [2.24, 2.45) is 0 Å². The molecule has 0 spiro atoms. The summed E-state index contributed by atoms with van der Waals surface area (Å²) in [5, 5.41) is 10.0. The Morgan fingerprint density at radius 1 is 1.53 bits per heavy atom. The van der Waals surface area contributed by atoms with Crippen LogP contribution in [0, 0.1) is 6.61 Å². The average Bonchev–Trinajstić information content (AvgIpc) is 2.18. The Morgan fingerprint density at radius 3 is 2.71 bits per heavy atom. The molecule has 1 fully saturated rings. The lowest BCUT2D eigenvalue weighted by molar-refractivity contribution is -0.185. The van der Waals surface area contributed by atoms with E-state index in [1.807, 2.05) is 0 Å². The first kappa shape index (κ1) is 14.4. The van der Waals surface area contributed by atoms with Crippen LogP contribution in [0.25, 0.3) is 0 Å². The minimum absolute atomic E-state index is 0.0995. The minimum Gasteiger partial charge on any atom is -0.463 e. The number of esters is 2. The Kier molecular flexibility index (Phi) is 4.91. The zero-order chi connectivity index (χ0) is 13.1. The molecule has 0 amide bonds. The lowest BCUT2D eigenvalue weighted by Crippen LogP contribution is -2.53. The molecule has 97 valence electrons. The van der Waals surface area contributed by atoms with Crippen LogP contribution in [0.5, 0.6) is 0 Å². The largest absolute Gasteiger partial charge is 0.463 e. The molecule has 0 unspecified atom stereocenters. The van der Waals surface area contributed by atoms with Crippen molar-refractivity contribution < 1.29 is 28.9 Å². The van der Waals surface area contributed by atoms with Crippen LogP contribution in [0.2, 0.25) is 0 Å². The van der Waals surface area contributed by atoms with Gasteiger partial charge in [-0.1, -0.05) is 0 Å². The summed E-state index contributed by atoms with van der Waals surface area (Å²) < 4.78 is 13.6. The zero-order valence-corrected chi connectivity index (χ0v) is 11.1. The van der Waals surface area contributed by atoms with Gasteiger partial charge in [0.1, 0.15) is 12.7 Å². The molecule has 1 rings (SSSR count). The highest BCUT2D eigenvalue weighted by Crippen LogP contribution is 2.35. The van der Waals surface area contributed by atoms with E-state index in [9.17, 15) is 14.7 Å². The van der Waals surface area contributed by atoms with Gasteiger partial charge in [-0.05, 0) is 15.9 Å². The number of carbonyl (C=O) groups excluding carboxylic acids is 2. The van der Waals surface area contributed by atoms with Crippen LogP contribution >= 0.6 is 15.9 Å². The lowest BCUT2D eigenvalue weighted by Gasteiger charge is -2.39. The fraction of sp³-hybridized carbons (Fsp3) is 0.700. The third kappa shape index (κ3) is 4.25. The number of carbonyl (C=O) groups is 2. The standard InChI is InChI=1S/C10H14BrO6/c1-6(12)16-5-8-9(17-7(2)13)10(11,14)3-4-15-8/h4,8-9,14H,3,5H2,1-2H3/t8-,9-,10-/m1/s1. The van der Waals surface area contributed by atoms with Crippen molar-refractivity contribution in [1.82, 2.24) is 0 Å². The minimum atomic E-state index is -1.41. The van der Waals surface area contributed by atoms with Gasteiger partial charge in [0.15, 0.2) is 10.6 Å². The summed E-state index contributed by atoms with van der Waals surface area (Å²) in [6.45, 7) is 3.76. The highest BCUT2D eigenvalue weighted by atomic mass is 79.9. The second-order valence-corrected chi connectivity index (χ2v) is 5.07. The molecule has 0 aromatic heterocycles. The van der Waals surface area contributed by atoms with Gasteiger partial charge in [0.05, 0.1) is 6.61 Å². The van der Waals surface area contributed by atoms with Crippen molar-refractivity contribution in [3.8, 4) is 0 Å². The second-order valence-electron chi connectivity index (χ2n) is 3.70. The second kappa shape index (κ2) is 5.79. The average molecular weight is 310 g/mol. The lowest BCUT2D eigenvalue weighted by atomic mass is 10.0. The van der Waals surface area contributed by atoms with Gasteiger partial charge in [0.25, 0.3) is 0 Å². The third-order valence-corrected chi connectivity index (χ3v) is 2.93. The molecule has 1 N–H and O–H groups in total. The first-order valence-electron chi connectivity index (χ1n) is 5.02. The maximum atomic E-state index is 11.0. The number of hydrogen-bond acceptors (Lipinski definition) is 6. The van der Waals surface area contributed by atoms with E-state index in [-0.39, 0.29) is 13.0 Å². The fourth-order valence-electron chi connectivity index (χ4n) is 1.43. The molecular weight excluding hydrogens is 296 g/mol. The fourth-order valence-corrected chi connectivity index (χ4v) is 1.95. The summed E-state index contributed by atoms with van der Waals surface area (Å²) in [6.07, 6.45) is -1.52. The van der Waals surface area contributed by atoms with Gasteiger partial charge in [0, 0.05) is 20.3 Å². The Bertz CT molecular complexity index is 303. The first-order valence-corrected chi connectivity index (χ1v) is 5.81. The maximum absolute atomic E-state index is 11.0. The van der Waals surface area contributed by atoms with E-state index in [1.54, 1.807) is 0 Å². The smallest absolute Gasteiger partial charge is 0.303 e. The van der Waals surface area contributed by atoms with Crippen LogP contribution < -0.4 is 0 Å². The highest BCUT2D eigenvalue weighted by Gasteiger charge is 2.46. The van der Waals surface area contributed by atoms with E-state index >= 15 is 0 Å². The van der Waals surface area contributed by atoms with Crippen LogP contribution in [0.3, 0.4) is 0 Å². The third-order valence-electron chi connectivity index (χ3n) is 2.16. The van der Waals surface area contributed by atoms with E-state index in [0.717, 1.165) is 0 Å². The molecule has 6 nitrogen and oxygen atoms in total. The molecule has 17 heavy (non-hydrogen) atoms. The van der Waals surface area contributed by atoms with Crippen molar-refractivity contribution in [3.05, 3.63) is 6.61 Å². The van der Waals surface area contributed by atoms with Gasteiger partial charge in [-0.15, -0.1) is 0 Å². The van der Waals surface area contributed by atoms with Gasteiger partial charge >= 0.3 is 11.9 Å². The van der Waals surface area contributed by atoms with Crippen molar-refractivity contribution in [2.45, 2.75) is 37.0 Å². The number of hydrogen-bond donors (Lipinski definition) is 1. The number of halogens is 1. The molecule has 1 aliphatic heterocycles. The molecule has 0 saturated carbocycles. The van der Waals surface area contributed by atoms with Gasteiger partial charge in [0.2, 0.25) is 0 Å². The van der Waals surface area contributed by atoms with Crippen LogP contribution in [0.4, 0.5) is 0 Å². The van der Waals surface area contributed by atoms with Gasteiger partial charge in [-0.3, -0.25) is 9.59 Å². The van der Waals surface area contributed by atoms with Gasteiger partial charge in [-0.2, -0.15) is 0 Å². The molecule has 1 heterocycles. The summed E-state index contributed by atoms with van der Waals surface area (Å²) in [7, 11) is 0. The van der Waals surface area contributed by atoms with Crippen molar-refractivity contribution in [3.63, 3.8) is 0 Å². The van der Waals surface area contributed by atoms with Crippen molar-refractivity contribution >= 4 is 27.9 Å². The predicted molar refractivity (Wildman–Crippen MR) is 59.9 cm³/mol. The molecule has 3 atom stereocenters. The molecule has 0 aliphatic carbocycles. The van der Waals surface area contributed by atoms with E-state index < -0.39 is 28.7 Å². The number of alkyl halides is 1. The van der Waals surface area contributed by atoms with Gasteiger partial charge < -0.3 is 19.3 Å². The van der Waals surface area contributed by atoms with E-state index in [2.05, 4.69) is 15.9 Å². The number of ether oxygens (including phenoxy) is 3. The summed E-state index contributed by atoms with van der Waals surface area (Å²) in [5.74, 6) is -1.02. The Balaban J connectivity index is 2.70. The van der Waals surface area contributed by atoms with E-state index in [0.29, 0.717) is 0 Å². The monoisotopic (exact) mass is 309 g/mol. The van der Waals surface area contributed by atoms with Crippen LogP contribution in [-0.4, -0.2) is 40.4 Å². The molecule has 0 aromatic carbocycles. The summed E-state index contributed by atoms with van der Waals surface area (Å²) in [6, 6.07) is 0. The van der Waals surface area contributed by atoms with E-state index in [4.69, 9.17) is 14.2 Å². The molecule has 1 aliphatic rings. The quantitative estimate of drug-likeness (QED) is 0.604. The SMILES string of the molecule is CC(=O)OC[C@H]1O[CH]C[C@](O)(Br)[C@@H]1OC(C)=O. The number of aliphatic hydroxyl groups is 1. The normalized spacial score (nSPS) is 32.9. The van der Waals surface area contributed by atoms with Crippen LogP contribution in [-0.2, 0) is 23.8 Å². The molecular formula is C10H14BrO6. The predicted octanol–water partition coefficient (Wildman–Crippen LogP) is 0.515. The topological polar surface area (TPSA) is 82.1 Å². The summed E-state index contributed by atoms with van der Waals surface area (Å²) in [5.41, 5.74) is 0. The summed E-state index contributed by atoms with van der Waals surface area (Å²) in [4.78, 5) is 21.7. The molecule has 1 radical (unpaired) electrons. The zero-order valence-electron chi connectivity index (χ0n) is 9.51.